The monoisotopic (exact) mass is 376 g/mol. The Morgan fingerprint density at radius 2 is 1.80 bits per heavy atom. The lowest BCUT2D eigenvalue weighted by Gasteiger charge is -2.17. The van der Waals surface area contributed by atoms with Crippen molar-refractivity contribution in [2.45, 2.75) is 12.2 Å². The van der Waals surface area contributed by atoms with Crippen LogP contribution >= 0.6 is 11.8 Å². The van der Waals surface area contributed by atoms with Crippen LogP contribution in [0.25, 0.3) is 0 Å². The smallest absolute Gasteiger partial charge is 0.255 e. The van der Waals surface area contributed by atoms with Crippen molar-refractivity contribution in [3.05, 3.63) is 59.7 Å². The summed E-state index contributed by atoms with van der Waals surface area (Å²) in [7, 11) is -3.18. The molecular formula is C18H20N2O3S2. The second-order valence-corrected chi connectivity index (χ2v) is 8.75. The standard InChI is InChI=1S/C18H20N2O3S2/c1-24-13-14-3-5-15(6-4-14)18(21)19-16-7-9-17(10-8-16)20-11-2-12-25(20,22)23/h3-10H,2,11-13H2,1H3,(H,19,21). The van der Waals surface area contributed by atoms with Crippen LogP contribution in [-0.2, 0) is 15.8 Å². The van der Waals surface area contributed by atoms with Gasteiger partial charge in [-0.1, -0.05) is 12.1 Å². The van der Waals surface area contributed by atoms with Crippen molar-refractivity contribution in [3.8, 4) is 0 Å². The van der Waals surface area contributed by atoms with Crippen molar-refractivity contribution in [1.82, 2.24) is 0 Å². The first-order chi connectivity index (χ1) is 12.0. The van der Waals surface area contributed by atoms with Gasteiger partial charge in [0.1, 0.15) is 0 Å². The molecule has 132 valence electrons. The average Bonchev–Trinajstić information content (AvgIpc) is 2.96. The largest absolute Gasteiger partial charge is 0.322 e. The first-order valence-electron chi connectivity index (χ1n) is 7.99. The summed E-state index contributed by atoms with van der Waals surface area (Å²) in [5.74, 6) is 0.929. The number of anilines is 2. The maximum absolute atomic E-state index is 12.3. The summed E-state index contributed by atoms with van der Waals surface area (Å²) in [6.45, 7) is 0.510. The van der Waals surface area contributed by atoms with Gasteiger partial charge in [0.2, 0.25) is 10.0 Å². The van der Waals surface area contributed by atoms with E-state index in [1.54, 1.807) is 36.0 Å². The lowest BCUT2D eigenvalue weighted by atomic mass is 10.1. The van der Waals surface area contributed by atoms with Gasteiger partial charge in [-0.2, -0.15) is 11.8 Å². The number of hydrogen-bond donors (Lipinski definition) is 1. The molecule has 1 amide bonds. The van der Waals surface area contributed by atoms with Gasteiger partial charge in [-0.25, -0.2) is 8.42 Å². The minimum absolute atomic E-state index is 0.183. The molecule has 0 aliphatic carbocycles. The highest BCUT2D eigenvalue weighted by Crippen LogP contribution is 2.25. The van der Waals surface area contributed by atoms with Crippen molar-refractivity contribution in [3.63, 3.8) is 0 Å². The van der Waals surface area contributed by atoms with E-state index in [2.05, 4.69) is 5.32 Å². The summed E-state index contributed by atoms with van der Waals surface area (Å²) < 4.78 is 25.3. The Morgan fingerprint density at radius 1 is 1.12 bits per heavy atom. The van der Waals surface area contributed by atoms with Crippen LogP contribution in [0.4, 0.5) is 11.4 Å². The lowest BCUT2D eigenvalue weighted by Crippen LogP contribution is -2.24. The fourth-order valence-corrected chi connectivity index (χ4v) is 4.85. The average molecular weight is 377 g/mol. The quantitative estimate of drug-likeness (QED) is 0.869. The number of hydrogen-bond acceptors (Lipinski definition) is 4. The van der Waals surface area contributed by atoms with E-state index in [0.717, 1.165) is 5.75 Å². The molecule has 1 aliphatic rings. The lowest BCUT2D eigenvalue weighted by molar-refractivity contribution is 0.102. The van der Waals surface area contributed by atoms with Crippen molar-refractivity contribution < 1.29 is 13.2 Å². The molecular weight excluding hydrogens is 356 g/mol. The molecule has 2 aromatic rings. The first-order valence-corrected chi connectivity index (χ1v) is 11.0. The molecule has 1 N–H and O–H groups in total. The molecule has 0 radical (unpaired) electrons. The second kappa shape index (κ2) is 7.49. The van der Waals surface area contributed by atoms with E-state index in [0.29, 0.717) is 29.9 Å². The van der Waals surface area contributed by atoms with Crippen LogP contribution in [0.2, 0.25) is 0 Å². The van der Waals surface area contributed by atoms with Crippen molar-refractivity contribution in [2.24, 2.45) is 0 Å². The van der Waals surface area contributed by atoms with Crippen LogP contribution < -0.4 is 9.62 Å². The molecule has 5 nitrogen and oxygen atoms in total. The molecule has 3 rings (SSSR count). The van der Waals surface area contributed by atoms with Gasteiger partial charge in [0.05, 0.1) is 11.4 Å². The molecule has 0 saturated carbocycles. The summed E-state index contributed by atoms with van der Waals surface area (Å²) in [4.78, 5) is 12.3. The van der Waals surface area contributed by atoms with Gasteiger partial charge in [0.15, 0.2) is 0 Å². The number of rotatable bonds is 5. The highest BCUT2D eigenvalue weighted by molar-refractivity contribution is 7.97. The predicted molar refractivity (Wildman–Crippen MR) is 104 cm³/mol. The molecule has 0 unspecified atom stereocenters. The third-order valence-electron chi connectivity index (χ3n) is 4.04. The van der Waals surface area contributed by atoms with E-state index in [1.807, 2.05) is 30.5 Å². The Kier molecular flexibility index (Phi) is 5.34. The number of nitrogens with zero attached hydrogens (tertiary/aromatic N) is 1. The van der Waals surface area contributed by atoms with E-state index in [1.165, 1.54) is 9.87 Å². The zero-order valence-corrected chi connectivity index (χ0v) is 15.6. The first kappa shape index (κ1) is 17.8. The van der Waals surface area contributed by atoms with Crippen LogP contribution in [0.1, 0.15) is 22.3 Å². The topological polar surface area (TPSA) is 66.5 Å². The van der Waals surface area contributed by atoms with Crippen LogP contribution in [0, 0.1) is 0 Å². The van der Waals surface area contributed by atoms with Gasteiger partial charge < -0.3 is 5.32 Å². The van der Waals surface area contributed by atoms with Crippen LogP contribution in [-0.4, -0.2) is 32.9 Å². The Bertz CT molecular complexity index is 847. The Balaban J connectivity index is 1.67. The van der Waals surface area contributed by atoms with Gasteiger partial charge in [0.25, 0.3) is 5.91 Å². The summed E-state index contributed by atoms with van der Waals surface area (Å²) in [6, 6.07) is 14.4. The fourth-order valence-electron chi connectivity index (χ4n) is 2.76. The number of carbonyl (C=O) groups is 1. The molecule has 0 bridgehead atoms. The van der Waals surface area contributed by atoms with Gasteiger partial charge in [-0.3, -0.25) is 9.10 Å². The Morgan fingerprint density at radius 3 is 2.36 bits per heavy atom. The van der Waals surface area contributed by atoms with E-state index < -0.39 is 10.0 Å². The molecule has 1 heterocycles. The molecule has 0 atom stereocenters. The number of nitrogens with one attached hydrogen (secondary N) is 1. The van der Waals surface area contributed by atoms with Crippen LogP contribution in [0.5, 0.6) is 0 Å². The number of thioether (sulfide) groups is 1. The van der Waals surface area contributed by atoms with E-state index in [9.17, 15) is 13.2 Å². The molecule has 0 aromatic heterocycles. The van der Waals surface area contributed by atoms with Gasteiger partial charge in [-0.05, 0) is 54.6 Å². The molecule has 1 saturated heterocycles. The third kappa shape index (κ3) is 4.16. The summed E-state index contributed by atoms with van der Waals surface area (Å²) >= 11 is 1.74. The second-order valence-electron chi connectivity index (χ2n) is 5.87. The number of benzene rings is 2. The molecule has 1 aliphatic heterocycles. The maximum atomic E-state index is 12.3. The number of sulfonamides is 1. The van der Waals surface area contributed by atoms with Crippen LogP contribution in [0.3, 0.4) is 0 Å². The van der Waals surface area contributed by atoms with Crippen molar-refractivity contribution in [1.29, 1.82) is 0 Å². The normalized spacial score (nSPS) is 16.0. The molecule has 7 heteroatoms. The fraction of sp³-hybridized carbons (Fsp3) is 0.278. The Hall–Kier alpha value is -1.99. The SMILES string of the molecule is CSCc1ccc(C(=O)Nc2ccc(N3CCCS3(=O)=O)cc2)cc1. The maximum Gasteiger partial charge on any atom is 0.255 e. The number of carbonyl (C=O) groups excluding carboxylic acids is 1. The minimum Gasteiger partial charge on any atom is -0.322 e. The van der Waals surface area contributed by atoms with Gasteiger partial charge in [0, 0.05) is 23.5 Å². The highest BCUT2D eigenvalue weighted by Gasteiger charge is 2.28. The molecule has 1 fully saturated rings. The van der Waals surface area contributed by atoms with Gasteiger partial charge >= 0.3 is 0 Å². The predicted octanol–water partition coefficient (Wildman–Crippen LogP) is 3.34. The van der Waals surface area contributed by atoms with Crippen molar-refractivity contribution >= 4 is 39.1 Å². The third-order valence-corrected chi connectivity index (χ3v) is 6.53. The molecule has 25 heavy (non-hydrogen) atoms. The number of amides is 1. The van der Waals surface area contributed by atoms with E-state index >= 15 is 0 Å². The zero-order chi connectivity index (χ0) is 17.9. The van der Waals surface area contributed by atoms with Gasteiger partial charge in [-0.15, -0.1) is 0 Å². The molecule has 2 aromatic carbocycles. The summed E-state index contributed by atoms with van der Waals surface area (Å²) in [5.41, 5.74) is 3.05. The van der Waals surface area contributed by atoms with E-state index in [4.69, 9.17) is 0 Å². The molecule has 0 spiro atoms. The Labute approximate surface area is 152 Å². The van der Waals surface area contributed by atoms with E-state index in [-0.39, 0.29) is 11.7 Å². The minimum atomic E-state index is -3.18. The highest BCUT2D eigenvalue weighted by atomic mass is 32.2. The summed E-state index contributed by atoms with van der Waals surface area (Å²) in [5, 5.41) is 2.84. The van der Waals surface area contributed by atoms with Crippen molar-refractivity contribution in [2.75, 3.05) is 28.2 Å². The summed E-state index contributed by atoms with van der Waals surface area (Å²) in [6.07, 6.45) is 2.69. The van der Waals surface area contributed by atoms with Crippen LogP contribution in [0.15, 0.2) is 48.5 Å². The zero-order valence-electron chi connectivity index (χ0n) is 13.9.